The van der Waals surface area contributed by atoms with E-state index in [1.807, 2.05) is 45.0 Å². The summed E-state index contributed by atoms with van der Waals surface area (Å²) in [5, 5.41) is 10.0. The number of carbonyl (C=O) groups is 1. The molecule has 280 valence electrons. The number of unbranched alkanes of at least 4 members (excludes halogenated alkanes) is 7. The van der Waals surface area contributed by atoms with E-state index in [0.717, 1.165) is 23.3 Å². The summed E-state index contributed by atoms with van der Waals surface area (Å²) in [7, 11) is 1.28. The van der Waals surface area contributed by atoms with Crippen molar-refractivity contribution in [1.29, 1.82) is 0 Å². The van der Waals surface area contributed by atoms with Crippen LogP contribution in [0.25, 0.3) is 5.70 Å². The van der Waals surface area contributed by atoms with Crippen molar-refractivity contribution in [2.75, 3.05) is 20.2 Å². The number of alkyl halides is 3. The Bertz CT molecular complexity index is 1480. The lowest BCUT2D eigenvalue weighted by Gasteiger charge is -2.40. The fourth-order valence-electron chi connectivity index (χ4n) is 6.07. The minimum Gasteiger partial charge on any atom is -0.508 e. The number of rotatable bonds is 18. The van der Waals surface area contributed by atoms with Gasteiger partial charge in [0.1, 0.15) is 11.5 Å². The molecule has 0 spiro atoms. The molecule has 0 heterocycles. The van der Waals surface area contributed by atoms with Gasteiger partial charge in [0.05, 0.1) is 18.7 Å². The highest BCUT2D eigenvalue weighted by atomic mass is 19.4. The molecule has 0 radical (unpaired) electrons. The molecule has 0 aliphatic heterocycles. The summed E-state index contributed by atoms with van der Waals surface area (Å²) in [6, 6.07) is 16.6. The molecule has 3 aromatic carbocycles. The van der Waals surface area contributed by atoms with Gasteiger partial charge < -0.3 is 14.7 Å². The molecule has 2 unspecified atom stereocenters. The average Bonchev–Trinajstić information content (AvgIpc) is 3.11. The number of phenols is 1. The first-order chi connectivity index (χ1) is 24.3. The summed E-state index contributed by atoms with van der Waals surface area (Å²) in [5.41, 5.74) is 2.31. The SMILES string of the molecule is C=CCN(CCC)C(=O)N(C(=C)c1ccc(C(F)(F)F)cc1OC)C(c1ccc(O)cc1)C(C)c1ccc(C)cc1.CCCCCCCCCC. The molecule has 5 nitrogen and oxygen atoms in total. The van der Waals surface area contributed by atoms with E-state index in [0.29, 0.717) is 18.5 Å². The largest absolute Gasteiger partial charge is 0.508 e. The lowest BCUT2D eigenvalue weighted by atomic mass is 9.86. The highest BCUT2D eigenvalue weighted by Gasteiger charge is 2.37. The van der Waals surface area contributed by atoms with Gasteiger partial charge in [-0.1, -0.05) is 134 Å². The molecule has 8 heteroatoms. The number of hydrogen-bond donors (Lipinski definition) is 1. The van der Waals surface area contributed by atoms with Crippen LogP contribution in [-0.4, -0.2) is 41.1 Å². The maximum absolute atomic E-state index is 14.4. The number of methoxy groups -OCH3 is 1. The van der Waals surface area contributed by atoms with Crippen LogP contribution in [0.2, 0.25) is 0 Å². The molecule has 0 fully saturated rings. The monoisotopic (exact) mass is 708 g/mol. The van der Waals surface area contributed by atoms with Gasteiger partial charge >= 0.3 is 12.2 Å². The van der Waals surface area contributed by atoms with Crippen molar-refractivity contribution in [3.63, 3.8) is 0 Å². The number of amides is 2. The molecule has 51 heavy (non-hydrogen) atoms. The zero-order valence-electron chi connectivity index (χ0n) is 31.6. The van der Waals surface area contributed by atoms with Crippen molar-refractivity contribution in [3.8, 4) is 11.5 Å². The molecule has 3 rings (SSSR count). The molecule has 0 aliphatic carbocycles. The zero-order valence-corrected chi connectivity index (χ0v) is 31.6. The summed E-state index contributed by atoms with van der Waals surface area (Å²) in [6.45, 7) is 19.2. The minimum absolute atomic E-state index is 0.0548. The molecular formula is C43H59F3N2O3. The molecule has 3 aromatic rings. The standard InChI is InChI=1S/C33H37F3N2O3.C10H22/c1-7-19-37(20-8-2)32(40)38(24(5)29-18-15-27(33(34,35)36)21-30(29)41-6)31(26-13-16-28(39)17-14-26)23(4)25-11-9-22(3)10-12-25;1-3-5-7-9-10-8-6-4-2/h7,9-18,21,23,31,39H,1,5,8,19-20H2,2-4,6H3;3-10H2,1-2H3. The van der Waals surface area contributed by atoms with Gasteiger partial charge in [-0.05, 0) is 54.8 Å². The third kappa shape index (κ3) is 13.1. The van der Waals surface area contributed by atoms with Gasteiger partial charge in [-0.25, -0.2) is 4.79 Å². The first-order valence-corrected chi connectivity index (χ1v) is 18.3. The van der Waals surface area contributed by atoms with Crippen LogP contribution in [0.15, 0.2) is 86.0 Å². The molecule has 2 atom stereocenters. The van der Waals surface area contributed by atoms with E-state index < -0.39 is 17.8 Å². The Morgan fingerprint density at radius 2 is 1.41 bits per heavy atom. The van der Waals surface area contributed by atoms with Crippen molar-refractivity contribution in [2.45, 2.75) is 111 Å². The predicted molar refractivity (Wildman–Crippen MR) is 205 cm³/mol. The fourth-order valence-corrected chi connectivity index (χ4v) is 6.07. The van der Waals surface area contributed by atoms with Crippen LogP contribution in [0, 0.1) is 6.92 Å². The van der Waals surface area contributed by atoms with Gasteiger partial charge in [0.2, 0.25) is 0 Å². The van der Waals surface area contributed by atoms with E-state index in [4.69, 9.17) is 4.74 Å². The van der Waals surface area contributed by atoms with E-state index >= 15 is 0 Å². The predicted octanol–water partition coefficient (Wildman–Crippen LogP) is 12.7. The number of halogens is 3. The molecule has 0 bridgehead atoms. The maximum Gasteiger partial charge on any atom is 0.416 e. The number of nitrogens with zero attached hydrogens (tertiary/aromatic N) is 2. The van der Waals surface area contributed by atoms with Crippen molar-refractivity contribution in [1.82, 2.24) is 9.80 Å². The topological polar surface area (TPSA) is 53.0 Å². The van der Waals surface area contributed by atoms with Gasteiger partial charge in [-0.15, -0.1) is 6.58 Å². The smallest absolute Gasteiger partial charge is 0.416 e. The van der Waals surface area contributed by atoms with E-state index in [1.165, 1.54) is 69.4 Å². The quantitative estimate of drug-likeness (QED) is 0.106. The third-order valence-electron chi connectivity index (χ3n) is 9.00. The second-order valence-electron chi connectivity index (χ2n) is 13.1. The molecule has 0 aliphatic rings. The Hall–Kier alpha value is -4.20. The Balaban J connectivity index is 0.000000783. The van der Waals surface area contributed by atoms with Crippen LogP contribution in [0.1, 0.15) is 125 Å². The lowest BCUT2D eigenvalue weighted by Crippen LogP contribution is -2.45. The summed E-state index contributed by atoms with van der Waals surface area (Å²) < 4.78 is 46.0. The van der Waals surface area contributed by atoms with Crippen molar-refractivity contribution in [3.05, 3.63) is 114 Å². The number of urea groups is 1. The van der Waals surface area contributed by atoms with Crippen LogP contribution < -0.4 is 4.74 Å². The third-order valence-corrected chi connectivity index (χ3v) is 9.00. The fraction of sp³-hybridized carbons (Fsp3) is 0.465. The number of hydrogen-bond acceptors (Lipinski definition) is 3. The number of aryl methyl sites for hydroxylation is 1. The summed E-state index contributed by atoms with van der Waals surface area (Å²) >= 11 is 0. The van der Waals surface area contributed by atoms with E-state index in [1.54, 1.807) is 35.2 Å². The van der Waals surface area contributed by atoms with Crippen LogP contribution in [0.4, 0.5) is 18.0 Å². The number of benzene rings is 3. The van der Waals surface area contributed by atoms with Crippen LogP contribution in [0.5, 0.6) is 11.5 Å². The van der Waals surface area contributed by atoms with E-state index in [2.05, 4.69) is 27.0 Å². The molecule has 1 N–H and O–H groups in total. The minimum atomic E-state index is -4.57. The Labute approximate surface area is 304 Å². The van der Waals surface area contributed by atoms with Crippen LogP contribution >= 0.6 is 0 Å². The zero-order chi connectivity index (χ0) is 38.0. The Morgan fingerprint density at radius 3 is 1.90 bits per heavy atom. The number of ether oxygens (including phenoxy) is 1. The van der Waals surface area contributed by atoms with Gasteiger partial charge in [0.15, 0.2) is 0 Å². The summed E-state index contributed by atoms with van der Waals surface area (Å²) in [5.74, 6) is -0.273. The van der Waals surface area contributed by atoms with Crippen molar-refractivity contribution < 1.29 is 27.8 Å². The number of aromatic hydroxyl groups is 1. The van der Waals surface area contributed by atoms with Gasteiger partial charge in [-0.3, -0.25) is 4.90 Å². The van der Waals surface area contributed by atoms with Crippen molar-refractivity contribution >= 4 is 11.7 Å². The Kier molecular flexibility index (Phi) is 18.4. The van der Waals surface area contributed by atoms with Crippen LogP contribution in [0.3, 0.4) is 0 Å². The maximum atomic E-state index is 14.4. The van der Waals surface area contributed by atoms with Crippen LogP contribution in [-0.2, 0) is 6.18 Å². The molecule has 0 saturated carbocycles. The summed E-state index contributed by atoms with van der Waals surface area (Å²) in [6.07, 6.45) is 9.20. The number of phenolic OH excluding ortho intramolecular Hbond substituents is 1. The first kappa shape index (κ1) is 43.0. The Morgan fingerprint density at radius 1 is 0.863 bits per heavy atom. The first-order valence-electron chi connectivity index (χ1n) is 18.3. The second kappa shape index (κ2) is 21.9. The number of carbonyl (C=O) groups excluding carboxylic acids is 1. The summed E-state index contributed by atoms with van der Waals surface area (Å²) in [4.78, 5) is 17.6. The van der Waals surface area contributed by atoms with Crippen molar-refractivity contribution in [2.24, 2.45) is 0 Å². The second-order valence-corrected chi connectivity index (χ2v) is 13.1. The average molecular weight is 709 g/mol. The van der Waals surface area contributed by atoms with Gasteiger partial charge in [0, 0.05) is 30.3 Å². The van der Waals surface area contributed by atoms with E-state index in [9.17, 15) is 23.1 Å². The lowest BCUT2D eigenvalue weighted by molar-refractivity contribution is -0.137. The van der Waals surface area contributed by atoms with Gasteiger partial charge in [-0.2, -0.15) is 13.2 Å². The molecule has 0 saturated heterocycles. The normalized spacial score (nSPS) is 12.3. The molecule has 0 aromatic heterocycles. The molecular weight excluding hydrogens is 649 g/mol. The van der Waals surface area contributed by atoms with E-state index in [-0.39, 0.29) is 41.3 Å². The molecule has 2 amide bonds. The highest BCUT2D eigenvalue weighted by Crippen LogP contribution is 2.43. The van der Waals surface area contributed by atoms with Gasteiger partial charge in [0.25, 0.3) is 0 Å². The highest BCUT2D eigenvalue weighted by molar-refractivity contribution is 5.87.